The average Bonchev–Trinajstić information content (AvgIpc) is 3.68. The van der Waals surface area contributed by atoms with Crippen LogP contribution in [0.5, 0.6) is 5.75 Å². The second-order valence-corrected chi connectivity index (χ2v) is 8.07. The summed E-state index contributed by atoms with van der Waals surface area (Å²) in [7, 11) is 1.42. The molecule has 176 valence electrons. The number of aromatic nitrogens is 1. The van der Waals surface area contributed by atoms with Crippen LogP contribution in [-0.2, 0) is 14.3 Å². The molecular weight excluding hydrogens is 431 g/mol. The Morgan fingerprint density at radius 2 is 1.88 bits per heavy atom. The molecule has 2 aromatic rings. The lowest BCUT2D eigenvalue weighted by atomic mass is 10.1. The third-order valence-electron chi connectivity index (χ3n) is 5.69. The smallest absolute Gasteiger partial charge is 0.343 e. The molecule has 2 fully saturated rings. The topological polar surface area (TPSA) is 87.1 Å². The lowest BCUT2D eigenvalue weighted by molar-refractivity contribution is -0.137. The summed E-state index contributed by atoms with van der Waals surface area (Å²) < 4.78 is 33.0. The van der Waals surface area contributed by atoms with Crippen molar-refractivity contribution >= 4 is 28.5 Å². The van der Waals surface area contributed by atoms with Crippen LogP contribution >= 0.6 is 0 Å². The predicted molar refractivity (Wildman–Crippen MR) is 120 cm³/mol. The van der Waals surface area contributed by atoms with Gasteiger partial charge in [-0.3, -0.25) is 4.79 Å². The number of carbonyl (C=O) groups excluding carboxylic acids is 2. The van der Waals surface area contributed by atoms with Crippen LogP contribution in [0.2, 0.25) is 0 Å². The summed E-state index contributed by atoms with van der Waals surface area (Å²) in [5, 5.41) is 0.0515. The molecule has 0 N–H and O–H groups in total. The zero-order chi connectivity index (χ0) is 23.7. The molecule has 1 aromatic carbocycles. The Morgan fingerprint density at radius 1 is 1.18 bits per heavy atom. The van der Waals surface area contributed by atoms with Crippen molar-refractivity contribution in [2.24, 2.45) is 0 Å². The van der Waals surface area contributed by atoms with E-state index in [1.807, 2.05) is 4.57 Å². The van der Waals surface area contributed by atoms with Crippen molar-refractivity contribution in [1.29, 1.82) is 0 Å². The van der Waals surface area contributed by atoms with Crippen molar-refractivity contribution in [2.75, 3.05) is 25.2 Å². The lowest BCUT2D eigenvalue weighted by Crippen LogP contribution is -2.24. The third-order valence-corrected chi connectivity index (χ3v) is 5.69. The Kier molecular flexibility index (Phi) is 6.40. The zero-order valence-corrected chi connectivity index (χ0v) is 18.9. The number of pyridine rings is 1. The normalized spacial score (nSPS) is 15.6. The quantitative estimate of drug-likeness (QED) is 0.418. The summed E-state index contributed by atoms with van der Waals surface area (Å²) >= 11 is 0. The van der Waals surface area contributed by atoms with E-state index in [1.165, 1.54) is 25.6 Å². The lowest BCUT2D eigenvalue weighted by Gasteiger charge is -2.25. The Hall–Kier alpha value is -3.36. The molecule has 0 radical (unpaired) electrons. The van der Waals surface area contributed by atoms with Gasteiger partial charge in [-0.1, -0.05) is 0 Å². The highest BCUT2D eigenvalue weighted by molar-refractivity contribution is 5.98. The van der Waals surface area contributed by atoms with Gasteiger partial charge in [0.15, 0.2) is 11.6 Å². The number of hydrogen-bond donors (Lipinski definition) is 0. The largest absolute Gasteiger partial charge is 0.492 e. The molecule has 0 bridgehead atoms. The van der Waals surface area contributed by atoms with Crippen LogP contribution in [0.15, 0.2) is 29.3 Å². The number of anilines is 1. The fourth-order valence-electron chi connectivity index (χ4n) is 3.94. The summed E-state index contributed by atoms with van der Waals surface area (Å²) in [6.45, 7) is 3.72. The number of nitrogens with zero attached hydrogens (tertiary/aromatic N) is 2. The fourth-order valence-corrected chi connectivity index (χ4v) is 3.94. The average molecular weight is 458 g/mol. The Balaban J connectivity index is 1.94. The van der Waals surface area contributed by atoms with Crippen LogP contribution in [-0.4, -0.2) is 42.9 Å². The van der Waals surface area contributed by atoms with E-state index in [-0.39, 0.29) is 47.7 Å². The van der Waals surface area contributed by atoms with Gasteiger partial charge < -0.3 is 23.7 Å². The molecule has 2 aliphatic carbocycles. The highest BCUT2D eigenvalue weighted by Gasteiger charge is 2.35. The van der Waals surface area contributed by atoms with Crippen molar-refractivity contribution in [3.63, 3.8) is 0 Å². The molecule has 33 heavy (non-hydrogen) atoms. The maximum absolute atomic E-state index is 15.6. The van der Waals surface area contributed by atoms with Crippen molar-refractivity contribution in [1.82, 2.24) is 4.57 Å². The first-order valence-electron chi connectivity index (χ1n) is 11.2. The number of halogens is 1. The summed E-state index contributed by atoms with van der Waals surface area (Å²) in [6.07, 6.45) is 7.62. The molecule has 0 spiro atoms. The number of carbonyl (C=O) groups is 2. The maximum atomic E-state index is 15.6. The monoisotopic (exact) mass is 458 g/mol. The molecule has 0 saturated heterocycles. The molecule has 4 rings (SSSR count). The summed E-state index contributed by atoms with van der Waals surface area (Å²) in [4.78, 5) is 39.1. The Labute approximate surface area is 190 Å². The zero-order valence-electron chi connectivity index (χ0n) is 18.9. The van der Waals surface area contributed by atoms with E-state index in [1.54, 1.807) is 18.7 Å². The molecule has 8 nitrogen and oxygen atoms in total. The van der Waals surface area contributed by atoms with Crippen molar-refractivity contribution in [2.45, 2.75) is 51.6 Å². The van der Waals surface area contributed by atoms with Crippen molar-refractivity contribution < 1.29 is 28.2 Å². The minimum Gasteiger partial charge on any atom is -0.492 e. The van der Waals surface area contributed by atoms with E-state index >= 15 is 4.39 Å². The van der Waals surface area contributed by atoms with E-state index in [4.69, 9.17) is 14.2 Å². The number of benzene rings is 1. The first-order valence-corrected chi connectivity index (χ1v) is 11.2. The molecule has 0 amide bonds. The standard InChI is InChI=1S/C24H27FN2O6/c1-4-32-19(28)10-11-26(14-6-7-14)21-18(25)12-16-20(23(21)31-3)27(15-8-9-15)13-17(22(16)29)24(30)33-5-2/h10-15H,4-9H2,1-3H3/b11-10+. The summed E-state index contributed by atoms with van der Waals surface area (Å²) in [5.74, 6) is -1.76. The first-order chi connectivity index (χ1) is 15.9. The van der Waals surface area contributed by atoms with E-state index in [0.717, 1.165) is 31.7 Å². The molecule has 2 saturated carbocycles. The highest BCUT2D eigenvalue weighted by atomic mass is 19.1. The van der Waals surface area contributed by atoms with Gasteiger partial charge in [0.25, 0.3) is 0 Å². The predicted octanol–water partition coefficient (Wildman–Crippen LogP) is 3.71. The molecule has 0 aliphatic heterocycles. The van der Waals surface area contributed by atoms with Crippen LogP contribution in [0.4, 0.5) is 10.1 Å². The van der Waals surface area contributed by atoms with Gasteiger partial charge >= 0.3 is 11.9 Å². The second-order valence-electron chi connectivity index (χ2n) is 8.07. The van der Waals surface area contributed by atoms with Crippen LogP contribution in [0, 0.1) is 5.82 Å². The maximum Gasteiger partial charge on any atom is 0.343 e. The van der Waals surface area contributed by atoms with Crippen LogP contribution < -0.4 is 15.1 Å². The second kappa shape index (κ2) is 9.25. The van der Waals surface area contributed by atoms with Gasteiger partial charge in [0.1, 0.15) is 11.3 Å². The molecule has 0 atom stereocenters. The van der Waals surface area contributed by atoms with Crippen molar-refractivity contribution in [3.05, 3.63) is 46.1 Å². The van der Waals surface area contributed by atoms with Gasteiger partial charge in [0.2, 0.25) is 5.43 Å². The van der Waals surface area contributed by atoms with Crippen LogP contribution in [0.25, 0.3) is 10.9 Å². The molecule has 0 unspecified atom stereocenters. The van der Waals surface area contributed by atoms with E-state index in [2.05, 4.69) is 0 Å². The molecule has 2 aliphatic rings. The van der Waals surface area contributed by atoms with Gasteiger partial charge in [-0.25, -0.2) is 14.0 Å². The number of esters is 2. The summed E-state index contributed by atoms with van der Waals surface area (Å²) in [6, 6.07) is 1.21. The van der Waals surface area contributed by atoms with Gasteiger partial charge in [0, 0.05) is 30.6 Å². The number of methoxy groups -OCH3 is 1. The van der Waals surface area contributed by atoms with E-state index in [9.17, 15) is 14.4 Å². The van der Waals surface area contributed by atoms with Crippen LogP contribution in [0.1, 0.15) is 55.9 Å². The number of rotatable bonds is 9. The number of fused-ring (bicyclic) bond motifs is 1. The van der Waals surface area contributed by atoms with Gasteiger partial charge in [-0.15, -0.1) is 0 Å². The SMILES string of the molecule is CCOC(=O)/C=C/N(c1c(F)cc2c(=O)c(C(=O)OCC)cn(C3CC3)c2c1OC)C1CC1. The minimum atomic E-state index is -0.737. The number of ether oxygens (including phenoxy) is 3. The first kappa shape index (κ1) is 22.8. The van der Waals surface area contributed by atoms with Gasteiger partial charge in [-0.05, 0) is 45.6 Å². The van der Waals surface area contributed by atoms with Gasteiger partial charge in [-0.2, -0.15) is 0 Å². The molecule has 1 heterocycles. The third kappa shape index (κ3) is 4.44. The molecular formula is C24H27FN2O6. The highest BCUT2D eigenvalue weighted by Crippen LogP contribution is 2.46. The van der Waals surface area contributed by atoms with Crippen LogP contribution in [0.3, 0.4) is 0 Å². The summed E-state index contributed by atoms with van der Waals surface area (Å²) in [5.41, 5.74) is -0.175. The van der Waals surface area contributed by atoms with E-state index < -0.39 is 23.2 Å². The van der Waals surface area contributed by atoms with E-state index in [0.29, 0.717) is 5.52 Å². The molecule has 9 heteroatoms. The fraction of sp³-hybridized carbons (Fsp3) is 0.458. The minimum absolute atomic E-state index is 0.00331. The Morgan fingerprint density at radius 3 is 2.45 bits per heavy atom. The molecule has 1 aromatic heterocycles. The Bertz CT molecular complexity index is 1180. The number of hydrogen-bond acceptors (Lipinski definition) is 7. The van der Waals surface area contributed by atoms with Crippen molar-refractivity contribution in [3.8, 4) is 5.75 Å². The van der Waals surface area contributed by atoms with Gasteiger partial charge in [0.05, 0.1) is 31.2 Å².